The zero-order chi connectivity index (χ0) is 14.6. The molecule has 2 aliphatic carbocycles. The van der Waals surface area contributed by atoms with Gasteiger partial charge in [-0.25, -0.2) is 0 Å². The molecule has 0 aromatic rings. The van der Waals surface area contributed by atoms with Crippen molar-refractivity contribution in [3.8, 4) is 0 Å². The number of nitrogens with one attached hydrogen (secondary N) is 1. The smallest absolute Gasteiger partial charge is 0.0810 e. The molecule has 2 heteroatoms. The van der Waals surface area contributed by atoms with E-state index >= 15 is 0 Å². The summed E-state index contributed by atoms with van der Waals surface area (Å²) in [5, 5.41) is 3.56. The summed E-state index contributed by atoms with van der Waals surface area (Å²) in [7, 11) is 0. The lowest BCUT2D eigenvalue weighted by molar-refractivity contribution is -0.134. The molecule has 1 N–H and O–H groups in total. The highest BCUT2D eigenvalue weighted by molar-refractivity contribution is 4.90. The SMILES string of the molecule is CCNCC1(OC2CCC(C)C(C)C2)CCC(C)CC1. The molecule has 0 aromatic heterocycles. The fourth-order valence-corrected chi connectivity index (χ4v) is 3.94. The Hall–Kier alpha value is -0.0800. The van der Waals surface area contributed by atoms with Crippen LogP contribution < -0.4 is 5.32 Å². The molecule has 0 saturated heterocycles. The van der Waals surface area contributed by atoms with E-state index in [2.05, 4.69) is 33.0 Å². The van der Waals surface area contributed by atoms with Gasteiger partial charge in [-0.15, -0.1) is 0 Å². The average molecular weight is 281 g/mol. The molecule has 0 heterocycles. The van der Waals surface area contributed by atoms with Crippen molar-refractivity contribution in [1.29, 1.82) is 0 Å². The Bertz CT molecular complexity index is 278. The molecule has 2 rings (SSSR count). The van der Waals surface area contributed by atoms with Crippen LogP contribution in [0.2, 0.25) is 0 Å². The number of rotatable bonds is 5. The van der Waals surface area contributed by atoms with Gasteiger partial charge < -0.3 is 10.1 Å². The first-order valence-electron chi connectivity index (χ1n) is 8.93. The number of hydrogen-bond donors (Lipinski definition) is 1. The van der Waals surface area contributed by atoms with E-state index in [0.717, 1.165) is 30.8 Å². The van der Waals surface area contributed by atoms with Gasteiger partial charge in [0, 0.05) is 6.54 Å². The van der Waals surface area contributed by atoms with Crippen LogP contribution in [0.15, 0.2) is 0 Å². The van der Waals surface area contributed by atoms with Gasteiger partial charge in [0.1, 0.15) is 0 Å². The molecule has 118 valence electrons. The third-order valence-electron chi connectivity index (χ3n) is 5.85. The highest BCUT2D eigenvalue weighted by Crippen LogP contribution is 2.39. The quantitative estimate of drug-likeness (QED) is 0.807. The number of likely N-dealkylation sites (N-methyl/N-ethyl adjacent to an activating group) is 1. The molecule has 0 aromatic carbocycles. The third kappa shape index (κ3) is 4.21. The van der Waals surface area contributed by atoms with Crippen molar-refractivity contribution in [3.05, 3.63) is 0 Å². The summed E-state index contributed by atoms with van der Waals surface area (Å²) in [5.41, 5.74) is 0.132. The van der Waals surface area contributed by atoms with Crippen LogP contribution in [0.1, 0.15) is 72.6 Å². The van der Waals surface area contributed by atoms with E-state index in [9.17, 15) is 0 Å². The summed E-state index contributed by atoms with van der Waals surface area (Å²) in [6.45, 7) is 11.5. The Morgan fingerprint density at radius 1 is 1.00 bits per heavy atom. The second-order valence-electron chi connectivity index (χ2n) is 7.65. The zero-order valence-electron chi connectivity index (χ0n) is 14.1. The van der Waals surface area contributed by atoms with Gasteiger partial charge in [0.15, 0.2) is 0 Å². The molecular formula is C18H35NO. The van der Waals surface area contributed by atoms with Gasteiger partial charge in [-0.05, 0) is 69.2 Å². The van der Waals surface area contributed by atoms with E-state index in [1.54, 1.807) is 0 Å². The maximum absolute atomic E-state index is 6.73. The van der Waals surface area contributed by atoms with Crippen LogP contribution in [0.4, 0.5) is 0 Å². The van der Waals surface area contributed by atoms with Gasteiger partial charge in [0.05, 0.1) is 11.7 Å². The first-order valence-corrected chi connectivity index (χ1v) is 8.93. The van der Waals surface area contributed by atoms with E-state index in [0.29, 0.717) is 6.10 Å². The van der Waals surface area contributed by atoms with Gasteiger partial charge in [-0.2, -0.15) is 0 Å². The minimum atomic E-state index is 0.132. The lowest BCUT2D eigenvalue weighted by Gasteiger charge is -2.44. The summed E-state index contributed by atoms with van der Waals surface area (Å²) >= 11 is 0. The molecule has 2 saturated carbocycles. The highest BCUT2D eigenvalue weighted by atomic mass is 16.5. The lowest BCUT2D eigenvalue weighted by Crippen LogP contribution is -2.48. The Balaban J connectivity index is 1.93. The Morgan fingerprint density at radius 3 is 2.30 bits per heavy atom. The van der Waals surface area contributed by atoms with Crippen molar-refractivity contribution in [2.45, 2.75) is 84.3 Å². The maximum atomic E-state index is 6.73. The predicted octanol–water partition coefficient (Wildman–Crippen LogP) is 4.39. The average Bonchev–Trinajstić information content (AvgIpc) is 2.44. The van der Waals surface area contributed by atoms with Crippen molar-refractivity contribution in [1.82, 2.24) is 5.32 Å². The Labute approximate surface area is 126 Å². The highest BCUT2D eigenvalue weighted by Gasteiger charge is 2.38. The van der Waals surface area contributed by atoms with Crippen LogP contribution in [-0.4, -0.2) is 24.8 Å². The summed E-state index contributed by atoms with van der Waals surface area (Å²) in [4.78, 5) is 0. The molecule has 0 spiro atoms. The number of ether oxygens (including phenoxy) is 1. The summed E-state index contributed by atoms with van der Waals surface area (Å²) in [5.74, 6) is 2.59. The van der Waals surface area contributed by atoms with Crippen molar-refractivity contribution < 1.29 is 4.74 Å². The normalized spacial score (nSPS) is 42.6. The van der Waals surface area contributed by atoms with Crippen LogP contribution in [0.25, 0.3) is 0 Å². The molecule has 2 aliphatic rings. The Kier molecular flexibility index (Phi) is 5.92. The fourth-order valence-electron chi connectivity index (χ4n) is 3.94. The molecule has 0 aliphatic heterocycles. The topological polar surface area (TPSA) is 21.3 Å². The second-order valence-corrected chi connectivity index (χ2v) is 7.65. The first-order chi connectivity index (χ1) is 9.54. The van der Waals surface area contributed by atoms with Crippen LogP contribution in [0.3, 0.4) is 0 Å². The molecule has 0 amide bonds. The first kappa shape index (κ1) is 16.3. The van der Waals surface area contributed by atoms with Crippen molar-refractivity contribution in [2.75, 3.05) is 13.1 Å². The van der Waals surface area contributed by atoms with Crippen LogP contribution in [0.5, 0.6) is 0 Å². The van der Waals surface area contributed by atoms with Crippen LogP contribution in [-0.2, 0) is 4.74 Å². The molecule has 3 unspecified atom stereocenters. The Morgan fingerprint density at radius 2 is 1.70 bits per heavy atom. The van der Waals surface area contributed by atoms with Crippen molar-refractivity contribution >= 4 is 0 Å². The number of hydrogen-bond acceptors (Lipinski definition) is 2. The van der Waals surface area contributed by atoms with Crippen molar-refractivity contribution in [2.24, 2.45) is 17.8 Å². The summed E-state index contributed by atoms with van der Waals surface area (Å²) in [6, 6.07) is 0. The molecule has 0 bridgehead atoms. The lowest BCUT2D eigenvalue weighted by atomic mass is 9.77. The van der Waals surface area contributed by atoms with Crippen LogP contribution in [0, 0.1) is 17.8 Å². The van der Waals surface area contributed by atoms with E-state index in [4.69, 9.17) is 4.74 Å². The van der Waals surface area contributed by atoms with Gasteiger partial charge in [0.25, 0.3) is 0 Å². The van der Waals surface area contributed by atoms with E-state index in [1.807, 2.05) is 0 Å². The summed E-state index contributed by atoms with van der Waals surface area (Å²) in [6.07, 6.45) is 9.57. The molecule has 2 nitrogen and oxygen atoms in total. The molecule has 20 heavy (non-hydrogen) atoms. The standard InChI is InChI=1S/C18H35NO/c1-5-19-13-18(10-8-14(2)9-11-18)20-17-7-6-15(3)16(4)12-17/h14-17,19H,5-13H2,1-4H3. The predicted molar refractivity (Wildman–Crippen MR) is 86.0 cm³/mol. The largest absolute Gasteiger partial charge is 0.370 e. The molecule has 2 fully saturated rings. The fraction of sp³-hybridized carbons (Fsp3) is 1.00. The maximum Gasteiger partial charge on any atom is 0.0810 e. The second kappa shape index (κ2) is 7.26. The molecular weight excluding hydrogens is 246 g/mol. The molecule has 3 atom stereocenters. The van der Waals surface area contributed by atoms with E-state index in [1.165, 1.54) is 44.9 Å². The van der Waals surface area contributed by atoms with Crippen LogP contribution >= 0.6 is 0 Å². The van der Waals surface area contributed by atoms with Gasteiger partial charge >= 0.3 is 0 Å². The monoisotopic (exact) mass is 281 g/mol. The van der Waals surface area contributed by atoms with E-state index in [-0.39, 0.29) is 5.60 Å². The third-order valence-corrected chi connectivity index (χ3v) is 5.85. The van der Waals surface area contributed by atoms with Gasteiger partial charge in [-0.3, -0.25) is 0 Å². The van der Waals surface area contributed by atoms with Gasteiger partial charge in [0.2, 0.25) is 0 Å². The van der Waals surface area contributed by atoms with Gasteiger partial charge in [-0.1, -0.05) is 27.7 Å². The minimum absolute atomic E-state index is 0.132. The molecule has 0 radical (unpaired) electrons. The van der Waals surface area contributed by atoms with E-state index < -0.39 is 0 Å². The zero-order valence-corrected chi connectivity index (χ0v) is 14.1. The summed E-state index contributed by atoms with van der Waals surface area (Å²) < 4.78 is 6.73. The minimum Gasteiger partial charge on any atom is -0.370 e. The van der Waals surface area contributed by atoms with Crippen molar-refractivity contribution in [3.63, 3.8) is 0 Å².